The van der Waals surface area contributed by atoms with Crippen LogP contribution in [0.5, 0.6) is 0 Å². The van der Waals surface area contributed by atoms with Gasteiger partial charge in [-0.3, -0.25) is 9.59 Å². The Morgan fingerprint density at radius 2 is 1.66 bits per heavy atom. The molecule has 8 atom stereocenters. The van der Waals surface area contributed by atoms with E-state index in [0.717, 1.165) is 38.5 Å². The second kappa shape index (κ2) is 7.81. The van der Waals surface area contributed by atoms with Crippen LogP contribution in [0.4, 0.5) is 0 Å². The molecule has 0 N–H and O–H groups in total. The molecule has 5 rings (SSSR count). The highest BCUT2D eigenvalue weighted by Gasteiger charge is 2.69. The van der Waals surface area contributed by atoms with Crippen molar-refractivity contribution in [3.8, 4) is 0 Å². The summed E-state index contributed by atoms with van der Waals surface area (Å²) in [6.07, 6.45) is 11.9. The lowest BCUT2D eigenvalue weighted by Crippen LogP contribution is -2.62. The average Bonchev–Trinajstić information content (AvgIpc) is 3.13. The molecule has 5 aliphatic carbocycles. The zero-order chi connectivity index (χ0) is 25.6. The van der Waals surface area contributed by atoms with Gasteiger partial charge in [-0.25, -0.2) is 0 Å². The van der Waals surface area contributed by atoms with Crippen molar-refractivity contribution >= 4 is 11.8 Å². The first-order chi connectivity index (χ1) is 16.3. The van der Waals surface area contributed by atoms with E-state index < -0.39 is 5.41 Å². The van der Waals surface area contributed by atoms with E-state index in [1.807, 2.05) is 6.92 Å². The van der Waals surface area contributed by atoms with Gasteiger partial charge in [-0.1, -0.05) is 44.4 Å². The quantitative estimate of drug-likeness (QED) is 0.299. The molecule has 0 heterocycles. The van der Waals surface area contributed by atoms with Crippen molar-refractivity contribution in [2.45, 2.75) is 113 Å². The molecule has 3 heteroatoms. The number of hydrogen-bond donors (Lipinski definition) is 0. The number of fused-ring (bicyclic) bond motifs is 7. The van der Waals surface area contributed by atoms with Crippen LogP contribution in [0.1, 0.15) is 113 Å². The van der Waals surface area contributed by atoms with Gasteiger partial charge in [0.05, 0.1) is 12.0 Å². The van der Waals surface area contributed by atoms with Crippen LogP contribution < -0.4 is 0 Å². The van der Waals surface area contributed by atoms with Gasteiger partial charge in [0.2, 0.25) is 0 Å². The summed E-state index contributed by atoms with van der Waals surface area (Å²) in [5.74, 6) is 1.28. The molecule has 5 aliphatic rings. The van der Waals surface area contributed by atoms with Crippen LogP contribution in [-0.4, -0.2) is 18.4 Å². The third kappa shape index (κ3) is 3.21. The molecular weight excluding hydrogens is 432 g/mol. The summed E-state index contributed by atoms with van der Waals surface area (Å²) in [6, 6.07) is 0. The second-order valence-corrected chi connectivity index (χ2v) is 14.5. The molecule has 4 saturated carbocycles. The fraction of sp³-hybridized carbons (Fsp3) is 0.812. The zero-order valence-electron chi connectivity index (χ0n) is 23.6. The minimum atomic E-state index is -0.451. The van der Waals surface area contributed by atoms with Gasteiger partial charge in [0.15, 0.2) is 5.78 Å². The number of carbonyl (C=O) groups excluding carboxylic acids is 2. The van der Waals surface area contributed by atoms with Crippen LogP contribution >= 0.6 is 0 Å². The van der Waals surface area contributed by atoms with Gasteiger partial charge in [0.1, 0.15) is 0 Å². The van der Waals surface area contributed by atoms with Gasteiger partial charge in [0, 0.05) is 5.92 Å². The van der Waals surface area contributed by atoms with E-state index in [9.17, 15) is 9.59 Å². The number of rotatable bonds is 2. The predicted molar refractivity (Wildman–Crippen MR) is 141 cm³/mol. The Labute approximate surface area is 213 Å². The van der Waals surface area contributed by atoms with E-state index in [4.69, 9.17) is 4.74 Å². The Kier molecular flexibility index (Phi) is 5.64. The molecule has 0 radical (unpaired) electrons. The van der Waals surface area contributed by atoms with Crippen molar-refractivity contribution in [2.24, 2.45) is 44.8 Å². The van der Waals surface area contributed by atoms with E-state index in [0.29, 0.717) is 18.3 Å². The van der Waals surface area contributed by atoms with Gasteiger partial charge < -0.3 is 4.74 Å². The number of ketones is 1. The molecular formula is C32H48O3. The zero-order valence-corrected chi connectivity index (χ0v) is 23.6. The highest BCUT2D eigenvalue weighted by Crippen LogP contribution is 2.74. The summed E-state index contributed by atoms with van der Waals surface area (Å²) < 4.78 is 5.55. The SMILES string of the molecule is CCOC(=O)[C@@]1(C)CC[C@]2(C)CC[C@]3(C)C(=CC(=O)C4[C@@]5(C)CCC(=C(C)C)C5CC[C@]43C)C2C1. The standard InChI is InChI=1S/C32H48O3/c1-9-35-27(34)29(5)15-14-28(4)16-17-31(7)23(24(28)19-29)18-25(33)26-30(6)12-10-21(20(2)3)22(30)11-13-32(26,31)8/h18,22,24,26H,9-17,19H2,1-8H3/t22?,24?,26?,28-,29+,30+,31-,32-/m1/s1. The number of esters is 1. The van der Waals surface area contributed by atoms with E-state index in [1.165, 1.54) is 30.4 Å². The Bertz CT molecular complexity index is 1020. The lowest BCUT2D eigenvalue weighted by atomic mass is 9.36. The summed E-state index contributed by atoms with van der Waals surface area (Å²) in [4.78, 5) is 27.3. The van der Waals surface area contributed by atoms with Crippen LogP contribution in [0, 0.1) is 44.8 Å². The highest BCUT2D eigenvalue weighted by molar-refractivity contribution is 5.96. The minimum absolute atomic E-state index is 0.0182. The molecule has 0 aromatic carbocycles. The first-order valence-electron chi connectivity index (χ1n) is 14.4. The second-order valence-electron chi connectivity index (χ2n) is 14.5. The van der Waals surface area contributed by atoms with E-state index in [-0.39, 0.29) is 39.5 Å². The van der Waals surface area contributed by atoms with Gasteiger partial charge in [0.25, 0.3) is 0 Å². The Hall–Kier alpha value is -1.38. The fourth-order valence-electron chi connectivity index (χ4n) is 10.1. The first-order valence-corrected chi connectivity index (χ1v) is 14.4. The monoisotopic (exact) mass is 480 g/mol. The minimum Gasteiger partial charge on any atom is -0.466 e. The maximum atomic E-state index is 14.2. The fourth-order valence-corrected chi connectivity index (χ4v) is 10.1. The molecule has 194 valence electrons. The van der Waals surface area contributed by atoms with Crippen molar-refractivity contribution in [3.63, 3.8) is 0 Å². The van der Waals surface area contributed by atoms with Crippen LogP contribution in [0.3, 0.4) is 0 Å². The molecule has 3 nitrogen and oxygen atoms in total. The maximum Gasteiger partial charge on any atom is 0.311 e. The number of allylic oxidation sites excluding steroid dienone is 4. The summed E-state index contributed by atoms with van der Waals surface area (Å²) >= 11 is 0. The molecule has 3 unspecified atom stereocenters. The van der Waals surface area contributed by atoms with E-state index in [1.54, 1.807) is 5.57 Å². The third-order valence-electron chi connectivity index (χ3n) is 12.6. The number of carbonyl (C=O) groups is 2. The summed E-state index contributed by atoms with van der Waals surface area (Å²) in [5, 5.41) is 0. The predicted octanol–water partition coefficient (Wildman–Crippen LogP) is 7.84. The largest absolute Gasteiger partial charge is 0.466 e. The maximum absolute atomic E-state index is 14.2. The van der Waals surface area contributed by atoms with Crippen LogP contribution in [0.2, 0.25) is 0 Å². The molecule has 0 saturated heterocycles. The average molecular weight is 481 g/mol. The molecule has 0 aromatic rings. The number of ether oxygens (including phenoxy) is 1. The van der Waals surface area contributed by atoms with Crippen molar-refractivity contribution in [3.05, 3.63) is 22.8 Å². The van der Waals surface area contributed by atoms with Gasteiger partial charge in [-0.2, -0.15) is 0 Å². The molecule has 0 amide bonds. The Morgan fingerprint density at radius 1 is 0.971 bits per heavy atom. The van der Waals surface area contributed by atoms with Gasteiger partial charge in [-0.15, -0.1) is 0 Å². The molecule has 0 bridgehead atoms. The van der Waals surface area contributed by atoms with Crippen molar-refractivity contribution in [2.75, 3.05) is 6.61 Å². The van der Waals surface area contributed by atoms with Crippen LogP contribution in [0.25, 0.3) is 0 Å². The summed E-state index contributed by atoms with van der Waals surface area (Å²) in [7, 11) is 0. The van der Waals surface area contributed by atoms with Crippen molar-refractivity contribution < 1.29 is 14.3 Å². The third-order valence-corrected chi connectivity index (χ3v) is 12.6. The van der Waals surface area contributed by atoms with Crippen LogP contribution in [0.15, 0.2) is 22.8 Å². The highest BCUT2D eigenvalue weighted by atomic mass is 16.5. The molecule has 4 fully saturated rings. The Balaban J connectivity index is 1.59. The lowest BCUT2D eigenvalue weighted by Gasteiger charge is -2.67. The molecule has 35 heavy (non-hydrogen) atoms. The normalized spacial score (nSPS) is 48.8. The topological polar surface area (TPSA) is 43.4 Å². The molecule has 0 spiro atoms. The summed E-state index contributed by atoms with van der Waals surface area (Å²) in [5.41, 5.74) is 4.28. The lowest BCUT2D eigenvalue weighted by molar-refractivity contribution is -0.166. The number of hydrogen-bond acceptors (Lipinski definition) is 3. The van der Waals surface area contributed by atoms with Crippen molar-refractivity contribution in [1.82, 2.24) is 0 Å². The van der Waals surface area contributed by atoms with Gasteiger partial charge in [-0.05, 0) is 125 Å². The summed E-state index contributed by atoms with van der Waals surface area (Å²) in [6.45, 7) is 18.8. The Morgan fingerprint density at radius 3 is 2.31 bits per heavy atom. The van der Waals surface area contributed by atoms with E-state index in [2.05, 4.69) is 54.5 Å². The first kappa shape index (κ1) is 25.3. The van der Waals surface area contributed by atoms with Crippen molar-refractivity contribution in [1.29, 1.82) is 0 Å². The van der Waals surface area contributed by atoms with Gasteiger partial charge >= 0.3 is 5.97 Å². The van der Waals surface area contributed by atoms with E-state index >= 15 is 0 Å². The smallest absolute Gasteiger partial charge is 0.311 e. The van der Waals surface area contributed by atoms with Crippen LogP contribution in [-0.2, 0) is 14.3 Å². The molecule has 0 aromatic heterocycles. The molecule has 0 aliphatic heterocycles.